The second kappa shape index (κ2) is 6.57. The molecule has 0 atom stereocenters. The van der Waals surface area contributed by atoms with Crippen LogP contribution < -0.4 is 0 Å². The summed E-state index contributed by atoms with van der Waals surface area (Å²) >= 11 is 0. The quantitative estimate of drug-likeness (QED) is 0.716. The number of aromatic nitrogens is 2. The maximum atomic E-state index is 11.8. The van der Waals surface area contributed by atoms with Crippen molar-refractivity contribution in [3.05, 3.63) is 18.0 Å². The molecule has 0 radical (unpaired) electrons. The van der Waals surface area contributed by atoms with Crippen molar-refractivity contribution in [1.29, 1.82) is 0 Å². The summed E-state index contributed by atoms with van der Waals surface area (Å²) in [6, 6.07) is 0. The SMILES string of the molecule is CC.CCc1cnn(CC(F)F)c1. The molecule has 1 aromatic heterocycles. The normalized spacial score (nSPS) is 9.69. The van der Waals surface area contributed by atoms with Gasteiger partial charge in [0, 0.05) is 6.20 Å². The lowest BCUT2D eigenvalue weighted by molar-refractivity contribution is 0.122. The van der Waals surface area contributed by atoms with E-state index in [2.05, 4.69) is 5.10 Å². The van der Waals surface area contributed by atoms with Gasteiger partial charge in [-0.25, -0.2) is 8.78 Å². The molecule has 1 rings (SSSR count). The summed E-state index contributed by atoms with van der Waals surface area (Å²) in [5.41, 5.74) is 0.991. The van der Waals surface area contributed by atoms with E-state index in [0.29, 0.717) is 0 Å². The van der Waals surface area contributed by atoms with Crippen LogP contribution in [0.3, 0.4) is 0 Å². The van der Waals surface area contributed by atoms with Gasteiger partial charge in [0.05, 0.1) is 6.20 Å². The molecule has 0 aromatic carbocycles. The number of rotatable bonds is 3. The lowest BCUT2D eigenvalue weighted by Gasteiger charge is -1.97. The molecule has 0 aliphatic carbocycles. The molecule has 0 amide bonds. The summed E-state index contributed by atoms with van der Waals surface area (Å²) in [5, 5.41) is 3.76. The van der Waals surface area contributed by atoms with E-state index in [0.717, 1.165) is 12.0 Å². The molecule has 2 nitrogen and oxygen atoms in total. The van der Waals surface area contributed by atoms with E-state index in [-0.39, 0.29) is 6.54 Å². The molecule has 0 spiro atoms. The molecule has 0 saturated carbocycles. The maximum absolute atomic E-state index is 11.8. The highest BCUT2D eigenvalue weighted by Crippen LogP contribution is 2.01. The van der Waals surface area contributed by atoms with Crippen molar-refractivity contribution in [3.8, 4) is 0 Å². The van der Waals surface area contributed by atoms with Gasteiger partial charge in [0.15, 0.2) is 0 Å². The first-order chi connectivity index (χ1) is 6.22. The second-order valence-corrected chi connectivity index (χ2v) is 2.32. The van der Waals surface area contributed by atoms with Gasteiger partial charge in [-0.15, -0.1) is 0 Å². The Morgan fingerprint density at radius 2 is 2.08 bits per heavy atom. The Morgan fingerprint density at radius 3 is 2.46 bits per heavy atom. The fraction of sp³-hybridized carbons (Fsp3) is 0.667. The molecule has 76 valence electrons. The highest BCUT2D eigenvalue weighted by molar-refractivity contribution is 5.02. The van der Waals surface area contributed by atoms with Crippen LogP contribution in [0.25, 0.3) is 0 Å². The third kappa shape index (κ3) is 4.60. The van der Waals surface area contributed by atoms with Gasteiger partial charge in [0.1, 0.15) is 6.54 Å². The molecule has 0 aliphatic heterocycles. The zero-order chi connectivity index (χ0) is 10.3. The van der Waals surface area contributed by atoms with Crippen molar-refractivity contribution in [1.82, 2.24) is 9.78 Å². The first-order valence-corrected chi connectivity index (χ1v) is 4.52. The molecule has 0 unspecified atom stereocenters. The summed E-state index contributed by atoms with van der Waals surface area (Å²) in [5.74, 6) is 0. The number of hydrogen-bond acceptors (Lipinski definition) is 1. The summed E-state index contributed by atoms with van der Waals surface area (Å²) in [4.78, 5) is 0. The largest absolute Gasteiger partial charge is 0.267 e. The molecule has 0 saturated heterocycles. The van der Waals surface area contributed by atoms with E-state index in [1.165, 1.54) is 4.68 Å². The summed E-state index contributed by atoms with van der Waals surface area (Å²) in [7, 11) is 0. The van der Waals surface area contributed by atoms with Gasteiger partial charge in [-0.05, 0) is 12.0 Å². The molecule has 0 bridgehead atoms. The Hall–Kier alpha value is -0.930. The predicted molar refractivity (Wildman–Crippen MR) is 49.0 cm³/mol. The van der Waals surface area contributed by atoms with Crippen LogP contribution in [0, 0.1) is 0 Å². The third-order valence-corrected chi connectivity index (χ3v) is 1.42. The van der Waals surface area contributed by atoms with E-state index in [1.807, 2.05) is 20.8 Å². The topological polar surface area (TPSA) is 17.8 Å². The number of hydrogen-bond donors (Lipinski definition) is 0. The fourth-order valence-electron chi connectivity index (χ4n) is 0.830. The first kappa shape index (κ1) is 12.1. The Balaban J connectivity index is 0.000000671. The highest BCUT2D eigenvalue weighted by Gasteiger charge is 2.04. The van der Waals surface area contributed by atoms with Crippen LogP contribution in [0.15, 0.2) is 12.4 Å². The number of nitrogens with zero attached hydrogens (tertiary/aromatic N) is 2. The van der Waals surface area contributed by atoms with Crippen LogP contribution in [-0.2, 0) is 13.0 Å². The summed E-state index contributed by atoms with van der Waals surface area (Å²) in [6.45, 7) is 5.66. The average molecular weight is 190 g/mol. The van der Waals surface area contributed by atoms with Gasteiger partial charge < -0.3 is 0 Å². The van der Waals surface area contributed by atoms with Crippen LogP contribution in [0.2, 0.25) is 0 Å². The second-order valence-electron chi connectivity index (χ2n) is 2.32. The van der Waals surface area contributed by atoms with Gasteiger partial charge in [-0.2, -0.15) is 5.10 Å². The summed E-state index contributed by atoms with van der Waals surface area (Å²) in [6.07, 6.45) is 1.78. The standard InChI is InChI=1S/C7H10F2N2.C2H6/c1-2-6-3-10-11(4-6)5-7(8)9;1-2/h3-4,7H,2,5H2,1H3;1-2H3. The van der Waals surface area contributed by atoms with Crippen LogP contribution in [0.4, 0.5) is 8.78 Å². The number of halogens is 2. The minimum absolute atomic E-state index is 0.306. The third-order valence-electron chi connectivity index (χ3n) is 1.42. The smallest absolute Gasteiger partial charge is 0.257 e. The highest BCUT2D eigenvalue weighted by atomic mass is 19.3. The van der Waals surface area contributed by atoms with Crippen molar-refractivity contribution < 1.29 is 8.78 Å². The Morgan fingerprint density at radius 1 is 1.46 bits per heavy atom. The Bertz CT molecular complexity index is 221. The molecule has 13 heavy (non-hydrogen) atoms. The van der Waals surface area contributed by atoms with E-state index in [4.69, 9.17) is 0 Å². The van der Waals surface area contributed by atoms with Gasteiger partial charge in [-0.3, -0.25) is 4.68 Å². The predicted octanol–water partition coefficient (Wildman–Crippen LogP) is 2.74. The molecule has 1 heterocycles. The average Bonchev–Trinajstić information content (AvgIpc) is 2.55. The van der Waals surface area contributed by atoms with Gasteiger partial charge in [-0.1, -0.05) is 20.8 Å². The number of alkyl halides is 2. The number of aryl methyl sites for hydroxylation is 1. The van der Waals surface area contributed by atoms with Gasteiger partial charge in [0.2, 0.25) is 0 Å². The van der Waals surface area contributed by atoms with Crippen LogP contribution in [0.5, 0.6) is 0 Å². The minimum atomic E-state index is -2.32. The van der Waals surface area contributed by atoms with Crippen molar-refractivity contribution >= 4 is 0 Å². The lowest BCUT2D eigenvalue weighted by atomic mass is 10.3. The molecule has 0 N–H and O–H groups in total. The van der Waals surface area contributed by atoms with Crippen LogP contribution in [0.1, 0.15) is 26.3 Å². The van der Waals surface area contributed by atoms with Crippen molar-refractivity contribution in [2.75, 3.05) is 0 Å². The minimum Gasteiger partial charge on any atom is -0.267 e. The molecular formula is C9H16F2N2. The van der Waals surface area contributed by atoms with E-state index < -0.39 is 6.43 Å². The molecule has 4 heteroatoms. The van der Waals surface area contributed by atoms with Crippen molar-refractivity contribution in [2.24, 2.45) is 0 Å². The Labute approximate surface area is 77.6 Å². The molecule has 0 fully saturated rings. The van der Waals surface area contributed by atoms with Gasteiger partial charge in [0.25, 0.3) is 6.43 Å². The monoisotopic (exact) mass is 190 g/mol. The fourth-order valence-corrected chi connectivity index (χ4v) is 0.830. The summed E-state index contributed by atoms with van der Waals surface area (Å²) < 4.78 is 24.8. The van der Waals surface area contributed by atoms with Crippen LogP contribution >= 0.6 is 0 Å². The van der Waals surface area contributed by atoms with Crippen molar-refractivity contribution in [2.45, 2.75) is 40.2 Å². The van der Waals surface area contributed by atoms with Crippen molar-refractivity contribution in [3.63, 3.8) is 0 Å². The molecular weight excluding hydrogens is 174 g/mol. The first-order valence-electron chi connectivity index (χ1n) is 4.52. The lowest BCUT2D eigenvalue weighted by Crippen LogP contribution is -2.06. The maximum Gasteiger partial charge on any atom is 0.257 e. The zero-order valence-corrected chi connectivity index (χ0v) is 8.30. The van der Waals surface area contributed by atoms with E-state index in [1.54, 1.807) is 12.4 Å². The van der Waals surface area contributed by atoms with Crippen LogP contribution in [-0.4, -0.2) is 16.2 Å². The van der Waals surface area contributed by atoms with Gasteiger partial charge >= 0.3 is 0 Å². The van der Waals surface area contributed by atoms with E-state index in [9.17, 15) is 8.78 Å². The Kier molecular flexibility index (Phi) is 6.10. The van der Waals surface area contributed by atoms with E-state index >= 15 is 0 Å². The zero-order valence-electron chi connectivity index (χ0n) is 8.30. The molecule has 0 aliphatic rings. The molecule has 1 aromatic rings.